The predicted octanol–water partition coefficient (Wildman–Crippen LogP) is 2.35. The summed E-state index contributed by atoms with van der Waals surface area (Å²) in [4.78, 5) is 23.1. The van der Waals surface area contributed by atoms with Crippen LogP contribution in [0.5, 0.6) is 0 Å². The van der Waals surface area contributed by atoms with Crippen LogP contribution < -0.4 is 21.9 Å². The van der Waals surface area contributed by atoms with E-state index in [-0.39, 0.29) is 5.56 Å². The van der Waals surface area contributed by atoms with Crippen molar-refractivity contribution in [3.8, 4) is 11.4 Å². The molecular weight excluding hydrogens is 336 g/mol. The fraction of sp³-hybridized carbons (Fsp3) is 0.176. The molecule has 4 aromatic rings. The first-order valence-corrected chi connectivity index (χ1v) is 8.83. The van der Waals surface area contributed by atoms with Crippen LogP contribution in [0.15, 0.2) is 34.4 Å². The lowest BCUT2D eigenvalue weighted by atomic mass is 10.2. The largest absolute Gasteiger partial charge is 0.397 e. The Morgan fingerprint density at radius 2 is 2.08 bits per heavy atom. The number of anilines is 2. The zero-order chi connectivity index (χ0) is 17.4. The average Bonchev–Trinajstić information content (AvgIpc) is 3.21. The molecular formula is C17H18N6OS. The maximum Gasteiger partial charge on any atom is 0.261 e. The fourth-order valence-corrected chi connectivity index (χ4v) is 3.66. The summed E-state index contributed by atoms with van der Waals surface area (Å²) in [5.41, 5.74) is 10.2. The Balaban J connectivity index is 1.78. The zero-order valence-electron chi connectivity index (χ0n) is 13.6. The van der Waals surface area contributed by atoms with Gasteiger partial charge in [0.05, 0.1) is 26.9 Å². The quantitative estimate of drug-likeness (QED) is 0.353. The van der Waals surface area contributed by atoms with Gasteiger partial charge in [-0.2, -0.15) is 0 Å². The van der Waals surface area contributed by atoms with Gasteiger partial charge in [0.15, 0.2) is 0 Å². The standard InChI is InChI=1S/C17H18N6OS/c1-19-5-6-20-9-2-3-10-12(8-9)22-16(21-10)13-14(18)15-11(4-7-25-15)23-17(13)24/h2-4,7-8,19-20H,5-6H2,1H3,(H,21,22)(H3,18,23,24). The number of nitrogens with zero attached hydrogens (tertiary/aromatic N) is 1. The first-order valence-electron chi connectivity index (χ1n) is 7.95. The van der Waals surface area contributed by atoms with Crippen LogP contribution in [0.4, 0.5) is 11.4 Å². The summed E-state index contributed by atoms with van der Waals surface area (Å²) in [5.74, 6) is 0.483. The molecule has 6 N–H and O–H groups in total. The third-order valence-electron chi connectivity index (χ3n) is 4.08. The lowest BCUT2D eigenvalue weighted by Crippen LogP contribution is -2.17. The summed E-state index contributed by atoms with van der Waals surface area (Å²) in [6.07, 6.45) is 0. The molecule has 0 aliphatic heterocycles. The number of pyridine rings is 1. The predicted molar refractivity (Wildman–Crippen MR) is 104 cm³/mol. The number of likely N-dealkylation sites (N-methyl/N-ethyl adjacent to an activating group) is 1. The number of aromatic nitrogens is 3. The average molecular weight is 354 g/mol. The van der Waals surface area contributed by atoms with Crippen molar-refractivity contribution in [2.75, 3.05) is 31.2 Å². The molecule has 0 aliphatic carbocycles. The normalized spacial score (nSPS) is 11.4. The van der Waals surface area contributed by atoms with Gasteiger partial charge in [-0.15, -0.1) is 11.3 Å². The van der Waals surface area contributed by atoms with Gasteiger partial charge in [0.2, 0.25) is 0 Å². The number of hydrogen-bond acceptors (Lipinski definition) is 6. The van der Waals surface area contributed by atoms with Gasteiger partial charge in [0, 0.05) is 18.8 Å². The molecule has 1 aromatic carbocycles. The van der Waals surface area contributed by atoms with Crippen molar-refractivity contribution in [2.45, 2.75) is 0 Å². The molecule has 25 heavy (non-hydrogen) atoms. The number of H-pyrrole nitrogens is 2. The summed E-state index contributed by atoms with van der Waals surface area (Å²) in [5, 5.41) is 8.33. The molecule has 7 nitrogen and oxygen atoms in total. The van der Waals surface area contributed by atoms with Crippen LogP contribution in [0.3, 0.4) is 0 Å². The van der Waals surface area contributed by atoms with Crippen LogP contribution >= 0.6 is 11.3 Å². The summed E-state index contributed by atoms with van der Waals surface area (Å²) < 4.78 is 0.865. The van der Waals surface area contributed by atoms with Crippen molar-refractivity contribution in [3.63, 3.8) is 0 Å². The smallest absolute Gasteiger partial charge is 0.261 e. The first kappa shape index (κ1) is 15.7. The van der Waals surface area contributed by atoms with E-state index in [2.05, 4.69) is 25.6 Å². The highest BCUT2D eigenvalue weighted by molar-refractivity contribution is 7.17. The molecule has 128 valence electrons. The minimum atomic E-state index is -0.241. The van der Waals surface area contributed by atoms with E-state index in [0.29, 0.717) is 17.1 Å². The maximum atomic E-state index is 12.5. The van der Waals surface area contributed by atoms with E-state index in [4.69, 9.17) is 5.73 Å². The van der Waals surface area contributed by atoms with E-state index in [1.807, 2.05) is 36.7 Å². The maximum absolute atomic E-state index is 12.5. The van der Waals surface area contributed by atoms with E-state index >= 15 is 0 Å². The SMILES string of the molecule is CNCCNc1ccc2nc(-c3c(N)c4sccc4[nH]c3=O)[nH]c2c1. The number of benzene rings is 1. The molecule has 0 aliphatic rings. The molecule has 0 fully saturated rings. The van der Waals surface area contributed by atoms with Crippen molar-refractivity contribution in [1.29, 1.82) is 0 Å². The Kier molecular flexibility index (Phi) is 3.90. The Bertz CT molecular complexity index is 1110. The van der Waals surface area contributed by atoms with Gasteiger partial charge in [0.1, 0.15) is 11.4 Å². The molecule has 0 saturated carbocycles. The van der Waals surface area contributed by atoms with Crippen molar-refractivity contribution in [3.05, 3.63) is 40.0 Å². The molecule has 3 heterocycles. The number of nitrogens with one attached hydrogen (secondary N) is 4. The van der Waals surface area contributed by atoms with Crippen LogP contribution in [-0.4, -0.2) is 35.1 Å². The molecule has 0 amide bonds. The molecule has 3 aromatic heterocycles. The van der Waals surface area contributed by atoms with Crippen LogP contribution in [0.25, 0.3) is 32.6 Å². The monoisotopic (exact) mass is 354 g/mol. The van der Waals surface area contributed by atoms with Gasteiger partial charge < -0.3 is 26.3 Å². The summed E-state index contributed by atoms with van der Waals surface area (Å²) >= 11 is 1.50. The van der Waals surface area contributed by atoms with Crippen LogP contribution in [0, 0.1) is 0 Å². The highest BCUT2D eigenvalue weighted by Gasteiger charge is 2.16. The third kappa shape index (κ3) is 2.75. The van der Waals surface area contributed by atoms with E-state index in [9.17, 15) is 4.79 Å². The van der Waals surface area contributed by atoms with E-state index in [0.717, 1.165) is 40.0 Å². The Morgan fingerprint density at radius 3 is 2.92 bits per heavy atom. The van der Waals surface area contributed by atoms with Gasteiger partial charge >= 0.3 is 0 Å². The number of fused-ring (bicyclic) bond motifs is 2. The third-order valence-corrected chi connectivity index (χ3v) is 5.02. The van der Waals surface area contributed by atoms with Crippen molar-refractivity contribution in [1.82, 2.24) is 20.3 Å². The summed E-state index contributed by atoms with van der Waals surface area (Å²) in [6, 6.07) is 7.72. The minimum Gasteiger partial charge on any atom is -0.397 e. The number of rotatable bonds is 5. The lowest BCUT2D eigenvalue weighted by Gasteiger charge is -2.05. The molecule has 0 radical (unpaired) electrons. The van der Waals surface area contributed by atoms with Gasteiger partial charge in [-0.1, -0.05) is 0 Å². The molecule has 0 atom stereocenters. The number of nitrogen functional groups attached to an aromatic ring is 1. The second kappa shape index (κ2) is 6.23. The Hall–Kier alpha value is -2.84. The topological polar surface area (TPSA) is 112 Å². The van der Waals surface area contributed by atoms with Gasteiger partial charge in [0.25, 0.3) is 5.56 Å². The second-order valence-electron chi connectivity index (χ2n) is 5.75. The highest BCUT2D eigenvalue weighted by atomic mass is 32.1. The lowest BCUT2D eigenvalue weighted by molar-refractivity contribution is 0.824. The molecule has 0 unspecified atom stereocenters. The van der Waals surface area contributed by atoms with Crippen LogP contribution in [-0.2, 0) is 0 Å². The van der Waals surface area contributed by atoms with Crippen molar-refractivity contribution >= 4 is 44.0 Å². The van der Waals surface area contributed by atoms with Crippen molar-refractivity contribution in [2.24, 2.45) is 0 Å². The van der Waals surface area contributed by atoms with Gasteiger partial charge in [-0.3, -0.25) is 4.79 Å². The number of hydrogen-bond donors (Lipinski definition) is 5. The van der Waals surface area contributed by atoms with E-state index in [1.165, 1.54) is 11.3 Å². The van der Waals surface area contributed by atoms with E-state index in [1.54, 1.807) is 0 Å². The first-order chi connectivity index (χ1) is 12.2. The van der Waals surface area contributed by atoms with Gasteiger partial charge in [-0.25, -0.2) is 4.98 Å². The number of nitrogens with two attached hydrogens (primary N) is 1. The number of thiophene rings is 1. The van der Waals surface area contributed by atoms with Crippen molar-refractivity contribution < 1.29 is 0 Å². The Labute approximate surface area is 147 Å². The number of imidazole rings is 1. The molecule has 8 heteroatoms. The zero-order valence-corrected chi connectivity index (χ0v) is 14.5. The molecule has 0 bridgehead atoms. The molecule has 4 rings (SSSR count). The summed E-state index contributed by atoms with van der Waals surface area (Å²) in [7, 11) is 1.92. The molecule has 0 saturated heterocycles. The van der Waals surface area contributed by atoms with Crippen LogP contribution in [0.1, 0.15) is 0 Å². The Morgan fingerprint density at radius 1 is 1.20 bits per heavy atom. The van der Waals surface area contributed by atoms with Gasteiger partial charge in [-0.05, 0) is 36.7 Å². The minimum absolute atomic E-state index is 0.241. The summed E-state index contributed by atoms with van der Waals surface area (Å²) in [6.45, 7) is 1.70. The number of aromatic amines is 2. The van der Waals surface area contributed by atoms with E-state index < -0.39 is 0 Å². The highest BCUT2D eigenvalue weighted by Crippen LogP contribution is 2.31. The fourth-order valence-electron chi connectivity index (χ4n) is 2.84. The van der Waals surface area contributed by atoms with Crippen LogP contribution in [0.2, 0.25) is 0 Å². The second-order valence-corrected chi connectivity index (χ2v) is 6.67. The molecule has 0 spiro atoms.